The first-order valence-corrected chi connectivity index (χ1v) is 5.69. The molecular formula is C13H9F2N3O3. The van der Waals surface area contributed by atoms with Crippen LogP contribution in [0.5, 0.6) is 0 Å². The molecule has 6 nitrogen and oxygen atoms in total. The van der Waals surface area contributed by atoms with Crippen molar-refractivity contribution in [2.45, 2.75) is 0 Å². The number of nitro groups is 1. The molecule has 0 spiro atoms. The van der Waals surface area contributed by atoms with Crippen LogP contribution in [0.2, 0.25) is 0 Å². The van der Waals surface area contributed by atoms with Crippen molar-refractivity contribution in [2.24, 2.45) is 0 Å². The minimum atomic E-state index is -1.08. The van der Waals surface area contributed by atoms with E-state index in [0.717, 1.165) is 18.2 Å². The lowest BCUT2D eigenvalue weighted by atomic mass is 10.1. The summed E-state index contributed by atoms with van der Waals surface area (Å²) in [6.45, 7) is 0. The van der Waals surface area contributed by atoms with Crippen LogP contribution in [0.4, 0.5) is 25.8 Å². The summed E-state index contributed by atoms with van der Waals surface area (Å²) in [5.74, 6) is -2.75. The third kappa shape index (κ3) is 3.11. The number of halogens is 2. The molecule has 2 rings (SSSR count). The number of carbonyl (C=O) groups excluding carboxylic acids is 1. The highest BCUT2D eigenvalue weighted by molar-refractivity contribution is 6.04. The fourth-order valence-electron chi connectivity index (χ4n) is 1.63. The Morgan fingerprint density at radius 3 is 2.48 bits per heavy atom. The second-order valence-electron chi connectivity index (χ2n) is 4.11. The molecule has 0 bridgehead atoms. The highest BCUT2D eigenvalue weighted by atomic mass is 19.1. The Kier molecular flexibility index (Phi) is 3.79. The van der Waals surface area contributed by atoms with Gasteiger partial charge in [0.1, 0.15) is 11.6 Å². The Labute approximate surface area is 117 Å². The Morgan fingerprint density at radius 2 is 1.86 bits per heavy atom. The molecule has 0 aliphatic rings. The van der Waals surface area contributed by atoms with Gasteiger partial charge in [-0.3, -0.25) is 14.9 Å². The Morgan fingerprint density at radius 1 is 1.14 bits per heavy atom. The second-order valence-corrected chi connectivity index (χ2v) is 4.11. The van der Waals surface area contributed by atoms with Crippen LogP contribution in [0, 0.1) is 21.7 Å². The van der Waals surface area contributed by atoms with Crippen LogP contribution < -0.4 is 11.1 Å². The van der Waals surface area contributed by atoms with E-state index in [2.05, 4.69) is 5.32 Å². The number of nitrogens with zero attached hydrogens (tertiary/aromatic N) is 1. The van der Waals surface area contributed by atoms with E-state index in [-0.39, 0.29) is 11.4 Å². The lowest BCUT2D eigenvalue weighted by Gasteiger charge is -2.08. The predicted octanol–water partition coefficient (Wildman–Crippen LogP) is 2.71. The van der Waals surface area contributed by atoms with E-state index >= 15 is 0 Å². The quantitative estimate of drug-likeness (QED) is 0.516. The SMILES string of the molecule is Nc1ccc(F)c(NC(=O)c2ccc([N+](=O)[O-])cc2F)c1. The Hall–Kier alpha value is -3.03. The molecule has 0 atom stereocenters. The number of hydrogen-bond acceptors (Lipinski definition) is 4. The van der Waals surface area contributed by atoms with Crippen LogP contribution in [0.3, 0.4) is 0 Å². The average Bonchev–Trinajstić information content (AvgIpc) is 2.42. The van der Waals surface area contributed by atoms with E-state index in [0.29, 0.717) is 6.07 Å². The number of benzene rings is 2. The molecule has 0 saturated carbocycles. The van der Waals surface area contributed by atoms with Gasteiger partial charge in [0.15, 0.2) is 0 Å². The smallest absolute Gasteiger partial charge is 0.272 e. The molecule has 0 aliphatic heterocycles. The zero-order valence-corrected chi connectivity index (χ0v) is 10.5. The number of nitro benzene ring substituents is 1. The molecule has 0 aromatic heterocycles. The molecule has 8 heteroatoms. The molecule has 1 amide bonds. The van der Waals surface area contributed by atoms with Gasteiger partial charge in [-0.05, 0) is 24.3 Å². The van der Waals surface area contributed by atoms with Gasteiger partial charge in [-0.2, -0.15) is 0 Å². The second kappa shape index (κ2) is 5.53. The van der Waals surface area contributed by atoms with Crippen molar-refractivity contribution in [3.8, 4) is 0 Å². The molecule has 3 N–H and O–H groups in total. The average molecular weight is 293 g/mol. The van der Waals surface area contributed by atoms with E-state index < -0.39 is 33.7 Å². The van der Waals surface area contributed by atoms with Crippen molar-refractivity contribution >= 4 is 23.0 Å². The number of non-ortho nitro benzene ring substituents is 1. The standard InChI is InChI=1S/C13H9F2N3O3/c14-10-4-1-7(16)5-12(10)17-13(19)9-3-2-8(18(20)21)6-11(9)15/h1-6H,16H2,(H,17,19). The number of nitrogens with one attached hydrogen (secondary N) is 1. The van der Waals surface area contributed by atoms with Gasteiger partial charge < -0.3 is 11.1 Å². The van der Waals surface area contributed by atoms with Crippen molar-refractivity contribution < 1.29 is 18.5 Å². The zero-order chi connectivity index (χ0) is 15.6. The lowest BCUT2D eigenvalue weighted by Crippen LogP contribution is -2.15. The van der Waals surface area contributed by atoms with Gasteiger partial charge in [0.05, 0.1) is 22.2 Å². The third-order valence-corrected chi connectivity index (χ3v) is 2.65. The van der Waals surface area contributed by atoms with Crippen molar-refractivity contribution in [3.63, 3.8) is 0 Å². The van der Waals surface area contributed by atoms with Crippen molar-refractivity contribution in [2.75, 3.05) is 11.1 Å². The third-order valence-electron chi connectivity index (χ3n) is 2.65. The number of amides is 1. The highest BCUT2D eigenvalue weighted by Gasteiger charge is 2.17. The maximum Gasteiger partial charge on any atom is 0.272 e. The molecular weight excluding hydrogens is 284 g/mol. The summed E-state index contributed by atoms with van der Waals surface area (Å²) in [6.07, 6.45) is 0. The van der Waals surface area contributed by atoms with Gasteiger partial charge in [0.2, 0.25) is 0 Å². The van der Waals surface area contributed by atoms with E-state index in [9.17, 15) is 23.7 Å². The minimum absolute atomic E-state index is 0.210. The van der Waals surface area contributed by atoms with E-state index in [1.165, 1.54) is 12.1 Å². The summed E-state index contributed by atoms with van der Waals surface area (Å²) in [5.41, 5.74) is 4.54. The number of hydrogen-bond donors (Lipinski definition) is 2. The first kappa shape index (κ1) is 14.4. The van der Waals surface area contributed by atoms with Gasteiger partial charge in [-0.1, -0.05) is 0 Å². The number of carbonyl (C=O) groups is 1. The van der Waals surface area contributed by atoms with Crippen LogP contribution in [0.25, 0.3) is 0 Å². The van der Waals surface area contributed by atoms with Gasteiger partial charge in [0, 0.05) is 11.8 Å². The van der Waals surface area contributed by atoms with Gasteiger partial charge in [0.25, 0.3) is 11.6 Å². The molecule has 2 aromatic rings. The van der Waals surface area contributed by atoms with Crippen LogP contribution in [0.1, 0.15) is 10.4 Å². The lowest BCUT2D eigenvalue weighted by molar-refractivity contribution is -0.385. The number of nitrogens with two attached hydrogens (primary N) is 1. The molecule has 0 unspecified atom stereocenters. The fraction of sp³-hybridized carbons (Fsp3) is 0. The molecule has 2 aromatic carbocycles. The molecule has 21 heavy (non-hydrogen) atoms. The molecule has 0 radical (unpaired) electrons. The van der Waals surface area contributed by atoms with E-state index in [1.54, 1.807) is 0 Å². The summed E-state index contributed by atoms with van der Waals surface area (Å²) >= 11 is 0. The summed E-state index contributed by atoms with van der Waals surface area (Å²) in [6, 6.07) is 6.08. The largest absolute Gasteiger partial charge is 0.399 e. The minimum Gasteiger partial charge on any atom is -0.399 e. The molecule has 0 saturated heterocycles. The number of rotatable bonds is 3. The van der Waals surface area contributed by atoms with Crippen LogP contribution >= 0.6 is 0 Å². The van der Waals surface area contributed by atoms with Gasteiger partial charge in [-0.15, -0.1) is 0 Å². The number of nitrogen functional groups attached to an aromatic ring is 1. The van der Waals surface area contributed by atoms with Crippen LogP contribution in [-0.2, 0) is 0 Å². The normalized spacial score (nSPS) is 10.2. The summed E-state index contributed by atoms with van der Waals surface area (Å²) in [4.78, 5) is 21.5. The predicted molar refractivity (Wildman–Crippen MR) is 71.8 cm³/mol. The van der Waals surface area contributed by atoms with Gasteiger partial charge in [-0.25, -0.2) is 8.78 Å². The molecule has 0 aliphatic carbocycles. The summed E-state index contributed by atoms with van der Waals surface area (Å²) in [5, 5.41) is 12.6. The monoisotopic (exact) mass is 293 g/mol. The number of anilines is 2. The van der Waals surface area contributed by atoms with Gasteiger partial charge >= 0.3 is 0 Å². The van der Waals surface area contributed by atoms with Crippen molar-refractivity contribution in [3.05, 3.63) is 63.7 Å². The Bertz CT molecular complexity index is 735. The molecule has 0 heterocycles. The topological polar surface area (TPSA) is 98.3 Å². The Balaban J connectivity index is 2.28. The van der Waals surface area contributed by atoms with Crippen molar-refractivity contribution in [1.82, 2.24) is 0 Å². The maximum absolute atomic E-state index is 13.7. The summed E-state index contributed by atoms with van der Waals surface area (Å²) < 4.78 is 27.1. The van der Waals surface area contributed by atoms with E-state index in [1.807, 2.05) is 0 Å². The molecule has 108 valence electrons. The van der Waals surface area contributed by atoms with Crippen molar-refractivity contribution in [1.29, 1.82) is 0 Å². The first-order chi connectivity index (χ1) is 9.88. The van der Waals surface area contributed by atoms with Crippen LogP contribution in [0.15, 0.2) is 36.4 Å². The fourth-order valence-corrected chi connectivity index (χ4v) is 1.63. The maximum atomic E-state index is 13.7. The molecule has 0 fully saturated rings. The zero-order valence-electron chi connectivity index (χ0n) is 10.5. The first-order valence-electron chi connectivity index (χ1n) is 5.69. The van der Waals surface area contributed by atoms with E-state index in [4.69, 9.17) is 5.73 Å². The van der Waals surface area contributed by atoms with Crippen LogP contribution in [-0.4, -0.2) is 10.8 Å². The summed E-state index contributed by atoms with van der Waals surface area (Å²) in [7, 11) is 0. The highest BCUT2D eigenvalue weighted by Crippen LogP contribution is 2.21.